The summed E-state index contributed by atoms with van der Waals surface area (Å²) in [7, 11) is 0. The second-order valence-electron chi connectivity index (χ2n) is 8.81. The highest BCUT2D eigenvalue weighted by Crippen LogP contribution is 2.44. The Hall–Kier alpha value is -0.610. The van der Waals surface area contributed by atoms with Gasteiger partial charge in [-0.25, -0.2) is 0 Å². The lowest BCUT2D eigenvalue weighted by atomic mass is 9.73. The van der Waals surface area contributed by atoms with E-state index in [4.69, 9.17) is 15.6 Å². The molecule has 2 saturated heterocycles. The summed E-state index contributed by atoms with van der Waals surface area (Å²) in [6, 6.07) is 3.08. The van der Waals surface area contributed by atoms with E-state index < -0.39 is 5.97 Å². The Labute approximate surface area is 147 Å². The predicted molar refractivity (Wildman–Crippen MR) is 96.9 cm³/mol. The van der Waals surface area contributed by atoms with Gasteiger partial charge < -0.3 is 10.8 Å². The highest BCUT2D eigenvalue weighted by atomic mass is 16.4. The van der Waals surface area contributed by atoms with E-state index in [-0.39, 0.29) is 0 Å². The first-order valence-electron chi connectivity index (χ1n) is 10.3. The molecule has 2 heterocycles. The Morgan fingerprint density at radius 2 is 1.33 bits per heavy atom. The molecule has 4 rings (SSSR count). The van der Waals surface area contributed by atoms with Gasteiger partial charge in [0.05, 0.1) is 0 Å². The number of hydrogen-bond donors (Lipinski definition) is 2. The van der Waals surface area contributed by atoms with E-state index in [1.807, 2.05) is 0 Å². The van der Waals surface area contributed by atoms with Crippen molar-refractivity contribution in [3.8, 4) is 0 Å². The molecule has 4 nitrogen and oxygen atoms in total. The summed E-state index contributed by atoms with van der Waals surface area (Å²) in [5.41, 5.74) is 6.31. The summed E-state index contributed by atoms with van der Waals surface area (Å²) in [4.78, 5) is 12.0. The van der Waals surface area contributed by atoms with Crippen molar-refractivity contribution < 1.29 is 9.90 Å². The fourth-order valence-corrected chi connectivity index (χ4v) is 6.17. The molecule has 2 aliphatic carbocycles. The van der Waals surface area contributed by atoms with Crippen molar-refractivity contribution in [2.75, 3.05) is 0 Å². The molecule has 138 valence electrons. The Balaban J connectivity index is 0.000000383. The first-order valence-corrected chi connectivity index (χ1v) is 10.3. The van der Waals surface area contributed by atoms with Crippen LogP contribution in [0.2, 0.25) is 0 Å². The van der Waals surface area contributed by atoms with Crippen LogP contribution in [-0.4, -0.2) is 40.1 Å². The maximum Gasteiger partial charge on any atom is 0.300 e. The lowest BCUT2D eigenvalue weighted by Crippen LogP contribution is -2.60. The summed E-state index contributed by atoms with van der Waals surface area (Å²) >= 11 is 0. The average Bonchev–Trinajstić information content (AvgIpc) is 2.66. The summed E-state index contributed by atoms with van der Waals surface area (Å²) in [6.07, 6.45) is 17.5. The number of nitrogens with two attached hydrogens (primary N) is 1. The van der Waals surface area contributed by atoms with Crippen LogP contribution >= 0.6 is 0 Å². The van der Waals surface area contributed by atoms with E-state index >= 15 is 0 Å². The molecule has 0 aromatic carbocycles. The van der Waals surface area contributed by atoms with Crippen LogP contribution in [0, 0.1) is 11.8 Å². The molecule has 4 heteroatoms. The molecular formula is C20H36N2O2. The van der Waals surface area contributed by atoms with Crippen molar-refractivity contribution in [2.45, 2.75) is 108 Å². The first-order chi connectivity index (χ1) is 11.5. The van der Waals surface area contributed by atoms with Crippen molar-refractivity contribution in [3.63, 3.8) is 0 Å². The van der Waals surface area contributed by atoms with Gasteiger partial charge >= 0.3 is 0 Å². The molecule has 0 radical (unpaired) electrons. The van der Waals surface area contributed by atoms with Gasteiger partial charge in [-0.1, -0.05) is 32.1 Å². The van der Waals surface area contributed by atoms with E-state index in [9.17, 15) is 0 Å². The van der Waals surface area contributed by atoms with Crippen LogP contribution in [0.4, 0.5) is 0 Å². The number of aliphatic carboxylic acids is 1. The van der Waals surface area contributed by atoms with E-state index in [1.165, 1.54) is 70.6 Å². The Morgan fingerprint density at radius 1 is 0.833 bits per heavy atom. The van der Waals surface area contributed by atoms with E-state index in [0.717, 1.165) is 36.9 Å². The van der Waals surface area contributed by atoms with Crippen LogP contribution in [0.3, 0.4) is 0 Å². The fourth-order valence-electron chi connectivity index (χ4n) is 6.17. The van der Waals surface area contributed by atoms with Gasteiger partial charge in [0.2, 0.25) is 0 Å². The van der Waals surface area contributed by atoms with Crippen molar-refractivity contribution >= 4 is 5.97 Å². The molecule has 2 saturated carbocycles. The molecule has 0 aromatic rings. The second kappa shape index (κ2) is 8.18. The molecule has 3 N–H and O–H groups in total. The number of hydrogen-bond acceptors (Lipinski definition) is 3. The summed E-state index contributed by atoms with van der Waals surface area (Å²) in [6.45, 7) is 1.08. The van der Waals surface area contributed by atoms with E-state index in [2.05, 4.69) is 4.90 Å². The average molecular weight is 337 g/mol. The smallest absolute Gasteiger partial charge is 0.300 e. The van der Waals surface area contributed by atoms with Crippen molar-refractivity contribution in [2.24, 2.45) is 17.6 Å². The molecule has 2 aliphatic heterocycles. The molecule has 0 aromatic heterocycles. The number of carbonyl (C=O) groups is 1. The van der Waals surface area contributed by atoms with Crippen LogP contribution in [0.25, 0.3) is 0 Å². The number of carboxylic acid groups (broad SMARTS) is 1. The van der Waals surface area contributed by atoms with Crippen molar-refractivity contribution in [1.29, 1.82) is 0 Å². The molecule has 24 heavy (non-hydrogen) atoms. The number of fused-ring (bicyclic) bond motifs is 4. The number of carboxylic acids is 1. The van der Waals surface area contributed by atoms with Gasteiger partial charge in [0.25, 0.3) is 5.97 Å². The molecule has 0 spiro atoms. The predicted octanol–water partition coefficient (Wildman–Crippen LogP) is 3.78. The number of rotatable bonds is 1. The van der Waals surface area contributed by atoms with Crippen LogP contribution in [0.15, 0.2) is 0 Å². The highest BCUT2D eigenvalue weighted by Gasteiger charge is 2.43. The van der Waals surface area contributed by atoms with E-state index in [0.29, 0.717) is 6.04 Å². The summed E-state index contributed by atoms with van der Waals surface area (Å²) in [5, 5.41) is 7.42. The molecule has 0 amide bonds. The largest absolute Gasteiger partial charge is 0.481 e. The van der Waals surface area contributed by atoms with Crippen LogP contribution < -0.4 is 5.73 Å². The van der Waals surface area contributed by atoms with Gasteiger partial charge in [-0.15, -0.1) is 0 Å². The minimum absolute atomic E-state index is 0.493. The molecule has 6 atom stereocenters. The van der Waals surface area contributed by atoms with Gasteiger partial charge in [0.15, 0.2) is 0 Å². The van der Waals surface area contributed by atoms with Gasteiger partial charge in [-0.2, -0.15) is 0 Å². The lowest BCUT2D eigenvalue weighted by molar-refractivity contribution is -0.134. The number of nitrogens with zero attached hydrogens (tertiary/aromatic N) is 1. The standard InChI is InChI=1S/C18H32N2.C2H4O2/c19-15-11-16-6-3-7-17(12-15)20(16)18-9-13-4-1-2-5-14(8-13)10-18;1-2(3)4/h13-18H,1-12,19H2;1H3,(H,3,4)/t13-,14+,15?,16-,17+,18?;. The normalized spacial score (nSPS) is 42.4. The van der Waals surface area contributed by atoms with Crippen molar-refractivity contribution in [1.82, 2.24) is 4.90 Å². The maximum atomic E-state index is 9.00. The van der Waals surface area contributed by atoms with Gasteiger partial charge in [0, 0.05) is 31.1 Å². The molecule has 4 fully saturated rings. The van der Waals surface area contributed by atoms with Crippen LogP contribution in [-0.2, 0) is 4.79 Å². The highest BCUT2D eigenvalue weighted by molar-refractivity contribution is 5.62. The zero-order valence-electron chi connectivity index (χ0n) is 15.3. The summed E-state index contributed by atoms with van der Waals surface area (Å²) < 4.78 is 0. The third-order valence-corrected chi connectivity index (χ3v) is 6.84. The zero-order chi connectivity index (χ0) is 17.1. The summed E-state index contributed by atoms with van der Waals surface area (Å²) in [5.74, 6) is 1.27. The fraction of sp³-hybridized carbons (Fsp3) is 0.950. The van der Waals surface area contributed by atoms with Crippen molar-refractivity contribution in [3.05, 3.63) is 0 Å². The minimum Gasteiger partial charge on any atom is -0.481 e. The first kappa shape index (κ1) is 18.2. The van der Waals surface area contributed by atoms with Gasteiger partial charge in [0.1, 0.15) is 0 Å². The lowest BCUT2D eigenvalue weighted by Gasteiger charge is -2.54. The third kappa shape index (κ3) is 4.51. The van der Waals surface area contributed by atoms with Crippen LogP contribution in [0.1, 0.15) is 84.0 Å². The maximum absolute atomic E-state index is 9.00. The topological polar surface area (TPSA) is 66.6 Å². The zero-order valence-corrected chi connectivity index (χ0v) is 15.3. The molecule has 4 aliphatic rings. The minimum atomic E-state index is -0.833. The number of piperidine rings is 2. The third-order valence-electron chi connectivity index (χ3n) is 6.84. The molecule has 2 unspecified atom stereocenters. The van der Waals surface area contributed by atoms with Gasteiger partial charge in [-0.05, 0) is 56.8 Å². The SMILES string of the molecule is CC(=O)O.NC1C[C@H]2CCC[C@@H](C1)N2C1C[C@H]2CCCC[C@@H](C1)C2. The van der Waals surface area contributed by atoms with E-state index in [1.54, 1.807) is 6.42 Å². The molecular weight excluding hydrogens is 300 g/mol. The Bertz CT molecular complexity index is 396. The Kier molecular flexibility index (Phi) is 6.20. The molecule has 4 bridgehead atoms. The Morgan fingerprint density at radius 3 is 1.83 bits per heavy atom. The quantitative estimate of drug-likeness (QED) is 0.765. The van der Waals surface area contributed by atoms with Gasteiger partial charge in [-0.3, -0.25) is 9.69 Å². The van der Waals surface area contributed by atoms with Crippen LogP contribution in [0.5, 0.6) is 0 Å². The second-order valence-corrected chi connectivity index (χ2v) is 8.81. The monoisotopic (exact) mass is 336 g/mol.